The number of hydrogen-bond acceptors (Lipinski definition) is 6. The minimum absolute atomic E-state index is 0.115. The fraction of sp³-hybridized carbons (Fsp3) is 0.653. The van der Waals surface area contributed by atoms with Gasteiger partial charge in [0.15, 0.2) is 6.10 Å². The predicted octanol–water partition coefficient (Wildman–Crippen LogP) is 14.1. The van der Waals surface area contributed by atoms with Crippen LogP contribution in [0, 0.1) is 0 Å². The molecule has 0 rings (SSSR count). The van der Waals surface area contributed by atoms with Gasteiger partial charge in [-0.15, -0.1) is 0 Å². The van der Waals surface area contributed by atoms with E-state index in [2.05, 4.69) is 106 Å². The molecule has 55 heavy (non-hydrogen) atoms. The lowest BCUT2D eigenvalue weighted by Gasteiger charge is -2.18. The second kappa shape index (κ2) is 43.3. The third-order valence-corrected chi connectivity index (χ3v) is 8.85. The molecule has 0 heterocycles. The van der Waals surface area contributed by atoms with Crippen LogP contribution >= 0.6 is 0 Å². The van der Waals surface area contributed by atoms with Gasteiger partial charge in [-0.1, -0.05) is 151 Å². The van der Waals surface area contributed by atoms with Crippen LogP contribution in [0.3, 0.4) is 0 Å². The van der Waals surface area contributed by atoms with Crippen molar-refractivity contribution in [1.82, 2.24) is 0 Å². The van der Waals surface area contributed by atoms with Crippen molar-refractivity contribution in [2.75, 3.05) is 13.2 Å². The number of esters is 3. The minimum atomic E-state index is -0.812. The number of carbonyl (C=O) groups excluding carboxylic acids is 3. The smallest absolute Gasteiger partial charge is 0.306 e. The van der Waals surface area contributed by atoms with Crippen LogP contribution in [-0.2, 0) is 28.6 Å². The molecule has 0 aliphatic heterocycles. The maximum absolute atomic E-state index is 12.6. The number of unbranched alkanes of at least 4 members (excludes halogenated alkanes) is 13. The maximum atomic E-state index is 12.6. The van der Waals surface area contributed by atoms with Crippen LogP contribution in [0.15, 0.2) is 85.1 Å². The van der Waals surface area contributed by atoms with Crippen molar-refractivity contribution in [3.05, 3.63) is 85.1 Å². The Kier molecular flexibility index (Phi) is 40.6. The molecule has 0 aliphatic rings. The summed E-state index contributed by atoms with van der Waals surface area (Å²) in [5.41, 5.74) is 0. The van der Waals surface area contributed by atoms with E-state index in [1.165, 1.54) is 51.4 Å². The molecule has 0 saturated carbocycles. The highest BCUT2D eigenvalue weighted by molar-refractivity contribution is 5.71. The van der Waals surface area contributed by atoms with Crippen LogP contribution in [0.4, 0.5) is 0 Å². The average molecular weight is 765 g/mol. The van der Waals surface area contributed by atoms with Gasteiger partial charge in [-0.3, -0.25) is 14.4 Å². The number of allylic oxidation sites excluding steroid dienone is 14. The fourth-order valence-electron chi connectivity index (χ4n) is 5.53. The number of hydrogen-bond donors (Lipinski definition) is 0. The lowest BCUT2D eigenvalue weighted by Crippen LogP contribution is -2.30. The molecule has 0 bridgehead atoms. The molecule has 0 radical (unpaired) electrons. The molecule has 0 aliphatic carbocycles. The van der Waals surface area contributed by atoms with Crippen LogP contribution in [0.5, 0.6) is 0 Å². The third-order valence-electron chi connectivity index (χ3n) is 8.85. The van der Waals surface area contributed by atoms with Crippen molar-refractivity contribution in [3.8, 4) is 0 Å². The van der Waals surface area contributed by atoms with Crippen LogP contribution in [0.25, 0.3) is 0 Å². The molecular formula is C49H80O6. The first-order chi connectivity index (χ1) is 27.0. The molecule has 1 unspecified atom stereocenters. The van der Waals surface area contributed by atoms with Gasteiger partial charge in [0.2, 0.25) is 0 Å². The van der Waals surface area contributed by atoms with E-state index in [9.17, 15) is 14.4 Å². The van der Waals surface area contributed by atoms with Gasteiger partial charge in [0.05, 0.1) is 0 Å². The van der Waals surface area contributed by atoms with Crippen LogP contribution in [0.1, 0.15) is 188 Å². The van der Waals surface area contributed by atoms with E-state index in [1.54, 1.807) is 0 Å². The van der Waals surface area contributed by atoms with Crippen molar-refractivity contribution >= 4 is 17.9 Å². The van der Waals surface area contributed by atoms with Gasteiger partial charge in [0.1, 0.15) is 13.2 Å². The standard InChI is InChI=1S/C49H80O6/c1-4-7-10-13-16-19-20-21-22-23-24-25-26-27-28-31-33-36-39-42-48(51)54-45-46(55-49(52)43-40-37-34-30-18-15-12-9-6-3)44-53-47(50)41-38-35-32-29-17-14-11-8-5-2/h7,10,16,19,21-22,24-25,27-30,32,34,46H,4-6,8-9,11-15,17-18,20,23,26,31,33,35-45H2,1-3H3/b10-7-,19-16-,22-21-,25-24-,28-27-,32-29-,34-30-. The molecule has 0 fully saturated rings. The van der Waals surface area contributed by atoms with E-state index in [1.807, 2.05) is 0 Å². The summed E-state index contributed by atoms with van der Waals surface area (Å²) in [4.78, 5) is 37.5. The normalized spacial score (nSPS) is 12.9. The SMILES string of the molecule is CC/C=C\C/C=C\C/C=C\C/C=C\C/C=C\CCCCCC(=O)OCC(COC(=O)CCC/C=C\CCCCCC)OC(=O)CCC/C=C\CCCCCC. The Bertz CT molecular complexity index is 1110. The molecule has 6 nitrogen and oxygen atoms in total. The van der Waals surface area contributed by atoms with Gasteiger partial charge < -0.3 is 14.2 Å². The second-order valence-electron chi connectivity index (χ2n) is 14.2. The summed E-state index contributed by atoms with van der Waals surface area (Å²) in [5, 5.41) is 0. The topological polar surface area (TPSA) is 78.9 Å². The quantitative estimate of drug-likeness (QED) is 0.0270. The number of ether oxygens (including phenoxy) is 3. The predicted molar refractivity (Wildman–Crippen MR) is 233 cm³/mol. The summed E-state index contributed by atoms with van der Waals surface area (Å²) in [6.45, 7) is 6.34. The van der Waals surface area contributed by atoms with E-state index in [0.29, 0.717) is 25.7 Å². The zero-order chi connectivity index (χ0) is 40.1. The van der Waals surface area contributed by atoms with Gasteiger partial charge in [0, 0.05) is 19.3 Å². The maximum Gasteiger partial charge on any atom is 0.306 e. The molecule has 312 valence electrons. The second-order valence-corrected chi connectivity index (χ2v) is 14.2. The largest absolute Gasteiger partial charge is 0.462 e. The summed E-state index contributed by atoms with van der Waals surface area (Å²) >= 11 is 0. The highest BCUT2D eigenvalue weighted by Gasteiger charge is 2.19. The van der Waals surface area contributed by atoms with Crippen molar-refractivity contribution < 1.29 is 28.6 Å². The summed E-state index contributed by atoms with van der Waals surface area (Å²) in [7, 11) is 0. The summed E-state index contributed by atoms with van der Waals surface area (Å²) in [6, 6.07) is 0. The lowest BCUT2D eigenvalue weighted by atomic mass is 10.1. The van der Waals surface area contributed by atoms with Crippen LogP contribution < -0.4 is 0 Å². The summed E-state index contributed by atoms with van der Waals surface area (Å²) in [6.07, 6.45) is 54.5. The molecule has 1 atom stereocenters. The highest BCUT2D eigenvalue weighted by atomic mass is 16.6. The Hall–Kier alpha value is -3.41. The first kappa shape index (κ1) is 51.6. The Morgan fingerprint density at radius 2 is 0.727 bits per heavy atom. The zero-order valence-corrected chi connectivity index (χ0v) is 35.4. The molecule has 0 aromatic carbocycles. The lowest BCUT2D eigenvalue weighted by molar-refractivity contribution is -0.167. The molecule has 0 N–H and O–H groups in total. The monoisotopic (exact) mass is 765 g/mol. The van der Waals surface area contributed by atoms with Crippen molar-refractivity contribution in [2.45, 2.75) is 194 Å². The van der Waals surface area contributed by atoms with E-state index >= 15 is 0 Å². The zero-order valence-electron chi connectivity index (χ0n) is 35.4. The molecule has 0 aromatic heterocycles. The van der Waals surface area contributed by atoms with Gasteiger partial charge in [-0.05, 0) is 103 Å². The van der Waals surface area contributed by atoms with E-state index in [0.717, 1.165) is 83.5 Å². The van der Waals surface area contributed by atoms with Crippen molar-refractivity contribution in [1.29, 1.82) is 0 Å². The van der Waals surface area contributed by atoms with Gasteiger partial charge in [-0.25, -0.2) is 0 Å². The molecule has 0 spiro atoms. The Balaban J connectivity index is 4.42. The first-order valence-electron chi connectivity index (χ1n) is 22.1. The highest BCUT2D eigenvalue weighted by Crippen LogP contribution is 2.10. The molecule has 0 aromatic rings. The summed E-state index contributed by atoms with van der Waals surface area (Å²) in [5.74, 6) is -1.03. The Morgan fingerprint density at radius 3 is 1.16 bits per heavy atom. The first-order valence-corrected chi connectivity index (χ1v) is 22.1. The fourth-order valence-corrected chi connectivity index (χ4v) is 5.53. The van der Waals surface area contributed by atoms with E-state index in [-0.39, 0.29) is 37.5 Å². The summed E-state index contributed by atoms with van der Waals surface area (Å²) < 4.78 is 16.5. The Morgan fingerprint density at radius 1 is 0.382 bits per heavy atom. The van der Waals surface area contributed by atoms with Gasteiger partial charge in [-0.2, -0.15) is 0 Å². The number of rotatable bonds is 38. The van der Waals surface area contributed by atoms with Crippen molar-refractivity contribution in [3.63, 3.8) is 0 Å². The average Bonchev–Trinajstić information content (AvgIpc) is 3.18. The van der Waals surface area contributed by atoms with E-state index < -0.39 is 6.10 Å². The minimum Gasteiger partial charge on any atom is -0.462 e. The van der Waals surface area contributed by atoms with Gasteiger partial charge >= 0.3 is 17.9 Å². The molecule has 0 amide bonds. The molecular weight excluding hydrogens is 685 g/mol. The van der Waals surface area contributed by atoms with Gasteiger partial charge in [0.25, 0.3) is 0 Å². The Labute approximate surface area is 337 Å². The molecule has 6 heteroatoms. The van der Waals surface area contributed by atoms with E-state index in [4.69, 9.17) is 14.2 Å². The van der Waals surface area contributed by atoms with Crippen molar-refractivity contribution in [2.24, 2.45) is 0 Å². The molecule has 0 saturated heterocycles. The van der Waals surface area contributed by atoms with Crippen LogP contribution in [0.2, 0.25) is 0 Å². The third kappa shape index (κ3) is 41.6. The number of carbonyl (C=O) groups is 3. The van der Waals surface area contributed by atoms with Crippen LogP contribution in [-0.4, -0.2) is 37.2 Å².